The van der Waals surface area contributed by atoms with Crippen molar-refractivity contribution in [3.63, 3.8) is 0 Å². The molecule has 0 fully saturated rings. The standard InChI is InChI=1S/C14H14N4O2/c15-11-6-7-12(14-13(11)17-20-18-14)16-8-9-19-10-4-2-1-3-5-10/h1-7,16H,8-9,15H2. The summed E-state index contributed by atoms with van der Waals surface area (Å²) in [6.07, 6.45) is 0. The van der Waals surface area contributed by atoms with Gasteiger partial charge in [-0.3, -0.25) is 0 Å². The number of fused-ring (bicyclic) bond motifs is 1. The van der Waals surface area contributed by atoms with Gasteiger partial charge in [0.25, 0.3) is 0 Å². The van der Waals surface area contributed by atoms with E-state index in [0.717, 1.165) is 11.4 Å². The molecule has 0 amide bonds. The highest BCUT2D eigenvalue weighted by Gasteiger charge is 2.09. The number of rotatable bonds is 5. The number of hydrogen-bond donors (Lipinski definition) is 2. The van der Waals surface area contributed by atoms with Crippen molar-refractivity contribution in [2.24, 2.45) is 0 Å². The van der Waals surface area contributed by atoms with E-state index in [1.807, 2.05) is 36.4 Å². The van der Waals surface area contributed by atoms with Crippen LogP contribution in [0.25, 0.3) is 11.0 Å². The largest absolute Gasteiger partial charge is 0.492 e. The maximum atomic E-state index is 5.79. The maximum Gasteiger partial charge on any atom is 0.160 e. The van der Waals surface area contributed by atoms with E-state index >= 15 is 0 Å². The van der Waals surface area contributed by atoms with Crippen molar-refractivity contribution >= 4 is 22.4 Å². The van der Waals surface area contributed by atoms with Crippen molar-refractivity contribution in [3.05, 3.63) is 42.5 Å². The van der Waals surface area contributed by atoms with Gasteiger partial charge in [0.2, 0.25) is 0 Å². The summed E-state index contributed by atoms with van der Waals surface area (Å²) in [6.45, 7) is 1.18. The average Bonchev–Trinajstić information content (AvgIpc) is 2.97. The van der Waals surface area contributed by atoms with Gasteiger partial charge in [-0.1, -0.05) is 18.2 Å². The molecule has 0 atom stereocenters. The minimum absolute atomic E-state index is 0.543. The van der Waals surface area contributed by atoms with E-state index in [0.29, 0.717) is 29.9 Å². The number of nitrogens with zero attached hydrogens (tertiary/aromatic N) is 2. The molecule has 102 valence electrons. The molecule has 2 aromatic carbocycles. The molecule has 3 N–H and O–H groups in total. The van der Waals surface area contributed by atoms with Crippen LogP contribution in [0.2, 0.25) is 0 Å². The molecule has 6 heteroatoms. The van der Waals surface area contributed by atoms with Gasteiger partial charge in [0.1, 0.15) is 12.4 Å². The summed E-state index contributed by atoms with van der Waals surface area (Å²) in [6, 6.07) is 13.3. The molecule has 6 nitrogen and oxygen atoms in total. The third kappa shape index (κ3) is 2.49. The highest BCUT2D eigenvalue weighted by Crippen LogP contribution is 2.24. The number of ether oxygens (including phenoxy) is 1. The number of nitrogens with one attached hydrogen (secondary N) is 1. The molecule has 1 heterocycles. The summed E-state index contributed by atoms with van der Waals surface area (Å²) in [7, 11) is 0. The molecule has 3 rings (SSSR count). The number of anilines is 2. The molecule has 0 saturated carbocycles. The van der Waals surface area contributed by atoms with Crippen LogP contribution in [0.15, 0.2) is 47.1 Å². The maximum absolute atomic E-state index is 5.79. The molecular weight excluding hydrogens is 256 g/mol. The SMILES string of the molecule is Nc1ccc(NCCOc2ccccc2)c2nonc12. The van der Waals surface area contributed by atoms with Gasteiger partial charge < -0.3 is 15.8 Å². The second kappa shape index (κ2) is 5.48. The van der Waals surface area contributed by atoms with Gasteiger partial charge in [0, 0.05) is 6.54 Å². The van der Waals surface area contributed by atoms with Crippen molar-refractivity contribution in [3.8, 4) is 5.75 Å². The number of para-hydroxylation sites is 1. The Labute approximate surface area is 115 Å². The monoisotopic (exact) mass is 270 g/mol. The van der Waals surface area contributed by atoms with Crippen LogP contribution >= 0.6 is 0 Å². The van der Waals surface area contributed by atoms with Crippen LogP contribution in [0.4, 0.5) is 11.4 Å². The van der Waals surface area contributed by atoms with E-state index in [2.05, 4.69) is 15.6 Å². The molecular formula is C14H14N4O2. The first-order valence-corrected chi connectivity index (χ1v) is 6.27. The molecule has 0 bridgehead atoms. The smallest absolute Gasteiger partial charge is 0.160 e. The minimum atomic E-state index is 0.543. The molecule has 0 aliphatic rings. The van der Waals surface area contributed by atoms with Crippen molar-refractivity contribution in [2.45, 2.75) is 0 Å². The number of nitrogens with two attached hydrogens (primary N) is 1. The lowest BCUT2D eigenvalue weighted by molar-refractivity contribution is 0.315. The van der Waals surface area contributed by atoms with Crippen LogP contribution in [-0.2, 0) is 0 Å². The lowest BCUT2D eigenvalue weighted by Crippen LogP contribution is -2.11. The van der Waals surface area contributed by atoms with E-state index in [1.54, 1.807) is 6.07 Å². The summed E-state index contributed by atoms with van der Waals surface area (Å²) in [5.41, 5.74) is 8.36. The van der Waals surface area contributed by atoms with Crippen LogP contribution in [0.5, 0.6) is 5.75 Å². The topological polar surface area (TPSA) is 86.2 Å². The normalized spacial score (nSPS) is 10.6. The third-order valence-electron chi connectivity index (χ3n) is 2.88. The Morgan fingerprint density at radius 3 is 2.70 bits per heavy atom. The molecule has 0 radical (unpaired) electrons. The molecule has 3 aromatic rings. The first kappa shape index (κ1) is 12.3. The lowest BCUT2D eigenvalue weighted by atomic mass is 10.2. The minimum Gasteiger partial charge on any atom is -0.492 e. The van der Waals surface area contributed by atoms with Gasteiger partial charge in [-0.15, -0.1) is 0 Å². The Morgan fingerprint density at radius 1 is 1.05 bits per heavy atom. The molecule has 0 aliphatic heterocycles. The van der Waals surface area contributed by atoms with Crippen molar-refractivity contribution in [2.75, 3.05) is 24.2 Å². The highest BCUT2D eigenvalue weighted by molar-refractivity contribution is 5.94. The summed E-state index contributed by atoms with van der Waals surface area (Å²) in [5, 5.41) is 10.8. The highest BCUT2D eigenvalue weighted by atomic mass is 16.6. The van der Waals surface area contributed by atoms with E-state index in [-0.39, 0.29) is 0 Å². The van der Waals surface area contributed by atoms with Gasteiger partial charge >= 0.3 is 0 Å². The van der Waals surface area contributed by atoms with Gasteiger partial charge in [-0.05, 0) is 34.6 Å². The molecule has 0 aliphatic carbocycles. The fraction of sp³-hybridized carbons (Fsp3) is 0.143. The molecule has 20 heavy (non-hydrogen) atoms. The van der Waals surface area contributed by atoms with Crippen LogP contribution in [0.3, 0.4) is 0 Å². The number of nitrogen functional groups attached to an aromatic ring is 1. The second-order valence-corrected chi connectivity index (χ2v) is 4.25. The first-order chi connectivity index (χ1) is 9.84. The Balaban J connectivity index is 1.60. The van der Waals surface area contributed by atoms with Crippen LogP contribution in [0.1, 0.15) is 0 Å². The fourth-order valence-electron chi connectivity index (χ4n) is 1.90. The number of aromatic nitrogens is 2. The van der Waals surface area contributed by atoms with E-state index in [9.17, 15) is 0 Å². The Kier molecular flexibility index (Phi) is 3.36. The van der Waals surface area contributed by atoms with Gasteiger partial charge in [0.15, 0.2) is 11.0 Å². The number of hydrogen-bond acceptors (Lipinski definition) is 6. The number of benzene rings is 2. The zero-order valence-corrected chi connectivity index (χ0v) is 10.7. The summed E-state index contributed by atoms with van der Waals surface area (Å²) < 4.78 is 10.3. The van der Waals surface area contributed by atoms with Gasteiger partial charge in [0.05, 0.1) is 11.4 Å². The van der Waals surface area contributed by atoms with Crippen LogP contribution in [0, 0.1) is 0 Å². The van der Waals surface area contributed by atoms with Gasteiger partial charge in [-0.25, -0.2) is 4.63 Å². The van der Waals surface area contributed by atoms with E-state index in [1.165, 1.54) is 0 Å². The third-order valence-corrected chi connectivity index (χ3v) is 2.88. The molecule has 1 aromatic heterocycles. The zero-order chi connectivity index (χ0) is 13.8. The average molecular weight is 270 g/mol. The summed E-state index contributed by atoms with van der Waals surface area (Å²) in [4.78, 5) is 0. The zero-order valence-electron chi connectivity index (χ0n) is 10.7. The summed E-state index contributed by atoms with van der Waals surface area (Å²) >= 11 is 0. The van der Waals surface area contributed by atoms with Gasteiger partial charge in [-0.2, -0.15) is 0 Å². The quantitative estimate of drug-likeness (QED) is 0.546. The first-order valence-electron chi connectivity index (χ1n) is 6.27. The predicted molar refractivity (Wildman–Crippen MR) is 76.6 cm³/mol. The molecule has 0 unspecified atom stereocenters. The second-order valence-electron chi connectivity index (χ2n) is 4.25. The predicted octanol–water partition coefficient (Wildman–Crippen LogP) is 2.30. The van der Waals surface area contributed by atoms with Crippen LogP contribution < -0.4 is 15.8 Å². The molecule has 0 spiro atoms. The van der Waals surface area contributed by atoms with Crippen molar-refractivity contribution < 1.29 is 9.37 Å². The summed E-state index contributed by atoms with van der Waals surface area (Å²) in [5.74, 6) is 0.847. The fourth-order valence-corrected chi connectivity index (χ4v) is 1.90. The Bertz CT molecular complexity index is 697. The Hall–Kier alpha value is -2.76. The molecule has 0 saturated heterocycles. The van der Waals surface area contributed by atoms with E-state index < -0.39 is 0 Å². The van der Waals surface area contributed by atoms with Crippen LogP contribution in [-0.4, -0.2) is 23.5 Å². The Morgan fingerprint density at radius 2 is 1.85 bits per heavy atom. The lowest BCUT2D eigenvalue weighted by Gasteiger charge is -2.08. The van der Waals surface area contributed by atoms with E-state index in [4.69, 9.17) is 15.1 Å². The van der Waals surface area contributed by atoms with Crippen molar-refractivity contribution in [1.82, 2.24) is 10.3 Å². The van der Waals surface area contributed by atoms with Crippen molar-refractivity contribution in [1.29, 1.82) is 0 Å².